The minimum atomic E-state index is -1.04. The first-order valence-electron chi connectivity index (χ1n) is 9.97. The highest BCUT2D eigenvalue weighted by atomic mass is 32.2. The first kappa shape index (κ1) is 24.6. The first-order chi connectivity index (χ1) is 16.3. The Bertz CT molecular complexity index is 1190. The van der Waals surface area contributed by atoms with Gasteiger partial charge in [-0.3, -0.25) is 9.59 Å². The smallest absolute Gasteiger partial charge is 0.335 e. The average Bonchev–Trinajstić information content (AvgIpc) is 3.20. The van der Waals surface area contributed by atoms with E-state index in [1.54, 1.807) is 29.8 Å². The normalized spacial score (nSPS) is 10.4. The largest absolute Gasteiger partial charge is 0.493 e. The van der Waals surface area contributed by atoms with Crippen LogP contribution in [0.25, 0.3) is 0 Å². The van der Waals surface area contributed by atoms with Gasteiger partial charge in [0.25, 0.3) is 5.91 Å². The number of thioether (sulfide) groups is 1. The Kier molecular flexibility index (Phi) is 8.09. The van der Waals surface area contributed by atoms with Crippen molar-refractivity contribution in [2.45, 2.75) is 11.7 Å². The van der Waals surface area contributed by atoms with Crippen LogP contribution >= 0.6 is 11.8 Å². The molecule has 2 aromatic carbocycles. The summed E-state index contributed by atoms with van der Waals surface area (Å²) in [7, 11) is 4.75. The van der Waals surface area contributed by atoms with Gasteiger partial charge >= 0.3 is 5.97 Å². The van der Waals surface area contributed by atoms with E-state index in [0.717, 1.165) is 0 Å². The number of carbonyl (C=O) groups excluding carboxylic acids is 2. The standard InChI is InChI=1S/C22H23N5O6S/c1-27-18(11-23-20(29)14-6-9-16(32-2)17(10-14)33-3)25-26-22(27)34-12-19(28)24-15-7-4-13(5-8-15)21(30)31/h4-10H,11-12H2,1-3H3,(H,23,29)(H,24,28)(H,30,31). The molecule has 1 heterocycles. The maximum absolute atomic E-state index is 12.5. The van der Waals surface area contributed by atoms with Crippen molar-refractivity contribution in [3.63, 3.8) is 0 Å². The zero-order valence-electron chi connectivity index (χ0n) is 18.7. The van der Waals surface area contributed by atoms with Crippen molar-refractivity contribution in [2.24, 2.45) is 7.05 Å². The maximum Gasteiger partial charge on any atom is 0.335 e. The Hall–Kier alpha value is -4.06. The van der Waals surface area contributed by atoms with Gasteiger partial charge in [0.15, 0.2) is 22.5 Å². The summed E-state index contributed by atoms with van der Waals surface area (Å²) in [6, 6.07) is 10.7. The number of carbonyl (C=O) groups is 3. The van der Waals surface area contributed by atoms with Gasteiger partial charge in [-0.25, -0.2) is 4.79 Å². The lowest BCUT2D eigenvalue weighted by molar-refractivity contribution is -0.113. The maximum atomic E-state index is 12.5. The van der Waals surface area contributed by atoms with Crippen molar-refractivity contribution >= 4 is 35.2 Å². The summed E-state index contributed by atoms with van der Waals surface area (Å²) in [4.78, 5) is 35.6. The van der Waals surface area contributed by atoms with E-state index in [0.29, 0.717) is 33.7 Å². The number of amides is 2. The summed E-state index contributed by atoms with van der Waals surface area (Å²) in [6.45, 7) is 0.138. The van der Waals surface area contributed by atoms with Crippen molar-refractivity contribution in [3.8, 4) is 11.5 Å². The fourth-order valence-corrected chi connectivity index (χ4v) is 3.62. The third-order valence-corrected chi connectivity index (χ3v) is 5.75. The Labute approximate surface area is 199 Å². The van der Waals surface area contributed by atoms with E-state index >= 15 is 0 Å². The van der Waals surface area contributed by atoms with Gasteiger partial charge in [-0.15, -0.1) is 10.2 Å². The van der Waals surface area contributed by atoms with Gasteiger partial charge < -0.3 is 29.8 Å². The molecule has 178 valence electrons. The number of aromatic carboxylic acids is 1. The molecule has 0 aliphatic rings. The lowest BCUT2D eigenvalue weighted by atomic mass is 10.2. The van der Waals surface area contributed by atoms with E-state index in [4.69, 9.17) is 14.6 Å². The zero-order chi connectivity index (χ0) is 24.7. The van der Waals surface area contributed by atoms with Gasteiger partial charge in [0.05, 0.1) is 32.1 Å². The molecule has 3 N–H and O–H groups in total. The molecular formula is C22H23N5O6S. The average molecular weight is 486 g/mol. The fraction of sp³-hybridized carbons (Fsp3) is 0.227. The van der Waals surface area contributed by atoms with Crippen LogP contribution in [0, 0.1) is 0 Å². The van der Waals surface area contributed by atoms with Crippen LogP contribution in [0.1, 0.15) is 26.5 Å². The minimum absolute atomic E-state index is 0.0741. The van der Waals surface area contributed by atoms with Crippen LogP contribution < -0.4 is 20.1 Å². The highest BCUT2D eigenvalue weighted by Gasteiger charge is 2.15. The third-order valence-electron chi connectivity index (χ3n) is 4.73. The molecule has 2 amide bonds. The van der Waals surface area contributed by atoms with E-state index in [9.17, 15) is 14.4 Å². The molecule has 1 aromatic heterocycles. The highest BCUT2D eigenvalue weighted by Crippen LogP contribution is 2.27. The van der Waals surface area contributed by atoms with Crippen LogP contribution in [0.5, 0.6) is 11.5 Å². The number of carboxylic acid groups (broad SMARTS) is 1. The fourth-order valence-electron chi connectivity index (χ4n) is 2.89. The van der Waals surface area contributed by atoms with Crippen LogP contribution in [0.2, 0.25) is 0 Å². The van der Waals surface area contributed by atoms with Crippen molar-refractivity contribution < 1.29 is 29.0 Å². The molecule has 0 atom stereocenters. The second-order valence-electron chi connectivity index (χ2n) is 6.93. The second-order valence-corrected chi connectivity index (χ2v) is 7.87. The minimum Gasteiger partial charge on any atom is -0.493 e. The number of nitrogens with one attached hydrogen (secondary N) is 2. The van der Waals surface area contributed by atoms with Crippen LogP contribution in [0.4, 0.5) is 5.69 Å². The summed E-state index contributed by atoms with van der Waals surface area (Å²) >= 11 is 1.18. The van der Waals surface area contributed by atoms with Crippen LogP contribution in [-0.4, -0.2) is 57.6 Å². The summed E-state index contributed by atoms with van der Waals surface area (Å²) in [5.41, 5.74) is 1.03. The quantitative estimate of drug-likeness (QED) is 0.368. The van der Waals surface area contributed by atoms with E-state index in [1.165, 1.54) is 50.2 Å². The monoisotopic (exact) mass is 485 g/mol. The molecule has 3 aromatic rings. The molecule has 0 radical (unpaired) electrons. The molecule has 0 unspecified atom stereocenters. The number of methoxy groups -OCH3 is 2. The van der Waals surface area contributed by atoms with Crippen molar-refractivity contribution in [2.75, 3.05) is 25.3 Å². The van der Waals surface area contributed by atoms with Crippen molar-refractivity contribution in [1.82, 2.24) is 20.1 Å². The molecule has 34 heavy (non-hydrogen) atoms. The molecule has 0 fully saturated rings. The third kappa shape index (κ3) is 6.04. The predicted molar refractivity (Wildman–Crippen MR) is 124 cm³/mol. The molecule has 11 nitrogen and oxygen atoms in total. The van der Waals surface area contributed by atoms with E-state index < -0.39 is 5.97 Å². The number of anilines is 1. The SMILES string of the molecule is COc1ccc(C(=O)NCc2nnc(SCC(=O)Nc3ccc(C(=O)O)cc3)n2C)cc1OC. The molecule has 0 saturated carbocycles. The number of aromatic nitrogens is 3. The molecule has 0 aliphatic heterocycles. The predicted octanol–water partition coefficient (Wildman–Crippen LogP) is 2.19. The Morgan fingerprint density at radius 3 is 2.32 bits per heavy atom. The molecule has 0 spiro atoms. The molecule has 0 aliphatic carbocycles. The molecule has 0 bridgehead atoms. The topological polar surface area (TPSA) is 145 Å². The summed E-state index contributed by atoms with van der Waals surface area (Å²) in [6.07, 6.45) is 0. The van der Waals surface area contributed by atoms with Gasteiger partial charge in [0, 0.05) is 18.3 Å². The number of rotatable bonds is 10. The van der Waals surface area contributed by atoms with E-state index in [2.05, 4.69) is 20.8 Å². The van der Waals surface area contributed by atoms with Crippen LogP contribution in [0.3, 0.4) is 0 Å². The Morgan fingerprint density at radius 1 is 1.00 bits per heavy atom. The number of carboxylic acids is 1. The number of benzene rings is 2. The number of hydrogen-bond donors (Lipinski definition) is 3. The van der Waals surface area contributed by atoms with Crippen molar-refractivity contribution in [1.29, 1.82) is 0 Å². The van der Waals surface area contributed by atoms with Gasteiger partial charge in [0.1, 0.15) is 0 Å². The molecular weight excluding hydrogens is 462 g/mol. The van der Waals surface area contributed by atoms with Gasteiger partial charge in [-0.2, -0.15) is 0 Å². The van der Waals surface area contributed by atoms with Crippen LogP contribution in [-0.2, 0) is 18.4 Å². The second kappa shape index (κ2) is 11.2. The molecule has 12 heteroatoms. The summed E-state index contributed by atoms with van der Waals surface area (Å²) < 4.78 is 12.1. The van der Waals surface area contributed by atoms with E-state index in [1.807, 2.05) is 0 Å². The Morgan fingerprint density at radius 2 is 1.68 bits per heavy atom. The number of nitrogens with zero attached hydrogens (tertiary/aromatic N) is 3. The van der Waals surface area contributed by atoms with Gasteiger partial charge in [0.2, 0.25) is 5.91 Å². The number of ether oxygens (including phenoxy) is 2. The summed E-state index contributed by atoms with van der Waals surface area (Å²) in [5.74, 6) is -0.0674. The lowest BCUT2D eigenvalue weighted by Gasteiger charge is -2.10. The van der Waals surface area contributed by atoms with Crippen molar-refractivity contribution in [3.05, 3.63) is 59.4 Å². The first-order valence-corrected chi connectivity index (χ1v) is 11.0. The van der Waals surface area contributed by atoms with Gasteiger partial charge in [-0.05, 0) is 42.5 Å². The summed E-state index contributed by atoms with van der Waals surface area (Å²) in [5, 5.41) is 23.0. The molecule has 3 rings (SSSR count). The van der Waals surface area contributed by atoms with E-state index in [-0.39, 0.29) is 29.7 Å². The molecule has 0 saturated heterocycles. The highest BCUT2D eigenvalue weighted by molar-refractivity contribution is 7.99. The number of hydrogen-bond acceptors (Lipinski definition) is 8. The van der Waals surface area contributed by atoms with Crippen LogP contribution in [0.15, 0.2) is 47.6 Å². The Balaban J connectivity index is 1.53. The van der Waals surface area contributed by atoms with Gasteiger partial charge in [-0.1, -0.05) is 11.8 Å². The lowest BCUT2D eigenvalue weighted by Crippen LogP contribution is -2.24. The zero-order valence-corrected chi connectivity index (χ0v) is 19.5.